The summed E-state index contributed by atoms with van der Waals surface area (Å²) in [5.74, 6) is 0. The molecule has 0 saturated heterocycles. The van der Waals surface area contributed by atoms with Gasteiger partial charge in [0.15, 0.2) is 0 Å². The summed E-state index contributed by atoms with van der Waals surface area (Å²) < 4.78 is 38.8. The van der Waals surface area contributed by atoms with Crippen molar-refractivity contribution in [3.8, 4) is 11.3 Å². The average molecular weight is 288 g/mol. The Morgan fingerprint density at radius 3 is 2.42 bits per heavy atom. The number of aliphatic hydroxyl groups excluding tert-OH is 1. The molecular formula is C13H9ClF3NO. The van der Waals surface area contributed by atoms with Gasteiger partial charge in [0.1, 0.15) is 5.15 Å². The van der Waals surface area contributed by atoms with Gasteiger partial charge in [-0.1, -0.05) is 35.9 Å². The van der Waals surface area contributed by atoms with E-state index in [0.717, 1.165) is 6.07 Å². The van der Waals surface area contributed by atoms with E-state index in [1.807, 2.05) is 0 Å². The smallest absolute Gasteiger partial charge is 0.392 e. The zero-order chi connectivity index (χ0) is 14.0. The number of nitrogens with zero attached hydrogens (tertiary/aromatic N) is 1. The molecule has 0 aliphatic heterocycles. The standard InChI is InChI=1S/C13H9ClF3NO/c14-11-6-5-8(7-19)12(18-11)9-3-1-2-4-10(9)13(15,16)17/h1-6,19H,7H2. The fraction of sp³-hybridized carbons (Fsp3) is 0.154. The summed E-state index contributed by atoms with van der Waals surface area (Å²) in [4.78, 5) is 3.89. The Labute approximate surface area is 112 Å². The summed E-state index contributed by atoms with van der Waals surface area (Å²) >= 11 is 5.72. The average Bonchev–Trinajstić information content (AvgIpc) is 2.37. The molecule has 1 N–H and O–H groups in total. The van der Waals surface area contributed by atoms with Gasteiger partial charge in [-0.05, 0) is 12.1 Å². The monoisotopic (exact) mass is 287 g/mol. The van der Waals surface area contributed by atoms with Gasteiger partial charge in [0.25, 0.3) is 0 Å². The van der Waals surface area contributed by atoms with Crippen LogP contribution in [0.15, 0.2) is 36.4 Å². The molecule has 1 aromatic heterocycles. The Bertz CT molecular complexity index is 599. The number of pyridine rings is 1. The molecule has 0 radical (unpaired) electrons. The Morgan fingerprint density at radius 1 is 1.11 bits per heavy atom. The summed E-state index contributed by atoms with van der Waals surface area (Å²) in [6, 6.07) is 7.94. The van der Waals surface area contributed by atoms with Crippen LogP contribution in [-0.4, -0.2) is 10.1 Å². The number of aliphatic hydroxyl groups is 1. The number of aromatic nitrogens is 1. The van der Waals surface area contributed by atoms with E-state index in [1.165, 1.54) is 30.3 Å². The summed E-state index contributed by atoms with van der Waals surface area (Å²) in [5.41, 5.74) is -0.565. The summed E-state index contributed by atoms with van der Waals surface area (Å²) in [6.07, 6.45) is -4.49. The molecule has 0 bridgehead atoms. The van der Waals surface area contributed by atoms with Gasteiger partial charge in [0.2, 0.25) is 0 Å². The van der Waals surface area contributed by atoms with Crippen LogP contribution < -0.4 is 0 Å². The SMILES string of the molecule is OCc1ccc(Cl)nc1-c1ccccc1C(F)(F)F. The highest BCUT2D eigenvalue weighted by Gasteiger charge is 2.34. The Kier molecular flexibility index (Phi) is 3.78. The highest BCUT2D eigenvalue weighted by atomic mass is 35.5. The van der Waals surface area contributed by atoms with Crippen LogP contribution >= 0.6 is 11.6 Å². The van der Waals surface area contributed by atoms with Crippen LogP contribution in [0.3, 0.4) is 0 Å². The minimum Gasteiger partial charge on any atom is -0.392 e. The first kappa shape index (κ1) is 13.8. The van der Waals surface area contributed by atoms with E-state index in [-0.39, 0.29) is 16.4 Å². The van der Waals surface area contributed by atoms with E-state index >= 15 is 0 Å². The molecule has 0 aliphatic rings. The molecule has 0 atom stereocenters. The van der Waals surface area contributed by atoms with Gasteiger partial charge in [-0.3, -0.25) is 0 Å². The first-order valence-corrected chi connectivity index (χ1v) is 5.74. The first-order chi connectivity index (χ1) is 8.93. The number of hydrogen-bond acceptors (Lipinski definition) is 2. The van der Waals surface area contributed by atoms with Gasteiger partial charge in [-0.15, -0.1) is 0 Å². The number of benzene rings is 1. The first-order valence-electron chi connectivity index (χ1n) is 5.36. The summed E-state index contributed by atoms with van der Waals surface area (Å²) in [7, 11) is 0. The van der Waals surface area contributed by atoms with Gasteiger partial charge in [-0.2, -0.15) is 13.2 Å². The summed E-state index contributed by atoms with van der Waals surface area (Å²) in [5, 5.41) is 9.27. The van der Waals surface area contributed by atoms with E-state index in [4.69, 9.17) is 11.6 Å². The predicted octanol–water partition coefficient (Wildman–Crippen LogP) is 3.91. The molecule has 2 nitrogen and oxygen atoms in total. The molecule has 6 heteroatoms. The molecule has 100 valence electrons. The fourth-order valence-electron chi connectivity index (χ4n) is 1.76. The maximum atomic E-state index is 12.9. The zero-order valence-electron chi connectivity index (χ0n) is 9.58. The largest absolute Gasteiger partial charge is 0.417 e. The Morgan fingerprint density at radius 2 is 1.79 bits per heavy atom. The summed E-state index contributed by atoms with van der Waals surface area (Å²) in [6.45, 7) is -0.411. The molecule has 2 rings (SSSR count). The lowest BCUT2D eigenvalue weighted by Crippen LogP contribution is -2.08. The molecular weight excluding hydrogens is 279 g/mol. The number of halogens is 4. The van der Waals surface area contributed by atoms with Gasteiger partial charge < -0.3 is 5.11 Å². The molecule has 1 heterocycles. The van der Waals surface area contributed by atoms with E-state index in [0.29, 0.717) is 5.56 Å². The molecule has 0 amide bonds. The van der Waals surface area contributed by atoms with Crippen molar-refractivity contribution in [1.29, 1.82) is 0 Å². The van der Waals surface area contributed by atoms with E-state index in [9.17, 15) is 18.3 Å². The third-order valence-electron chi connectivity index (χ3n) is 2.60. The maximum absolute atomic E-state index is 12.9. The van der Waals surface area contributed by atoms with Gasteiger partial charge in [0, 0.05) is 11.1 Å². The van der Waals surface area contributed by atoms with E-state index in [1.54, 1.807) is 0 Å². The van der Waals surface area contributed by atoms with E-state index < -0.39 is 18.3 Å². The van der Waals surface area contributed by atoms with Crippen LogP contribution in [-0.2, 0) is 12.8 Å². The van der Waals surface area contributed by atoms with Crippen LogP contribution in [0, 0.1) is 0 Å². The molecule has 0 aliphatic carbocycles. The molecule has 19 heavy (non-hydrogen) atoms. The molecule has 2 aromatic rings. The molecule has 0 fully saturated rings. The van der Waals surface area contributed by atoms with Crippen molar-refractivity contribution < 1.29 is 18.3 Å². The lowest BCUT2D eigenvalue weighted by molar-refractivity contribution is -0.137. The quantitative estimate of drug-likeness (QED) is 0.850. The number of rotatable bonds is 2. The van der Waals surface area contributed by atoms with Crippen molar-refractivity contribution in [1.82, 2.24) is 4.98 Å². The topological polar surface area (TPSA) is 33.1 Å². The van der Waals surface area contributed by atoms with Gasteiger partial charge in [0.05, 0.1) is 17.9 Å². The van der Waals surface area contributed by atoms with Crippen molar-refractivity contribution in [2.75, 3.05) is 0 Å². The predicted molar refractivity (Wildman–Crippen MR) is 65.6 cm³/mol. The van der Waals surface area contributed by atoms with Crippen molar-refractivity contribution in [2.24, 2.45) is 0 Å². The zero-order valence-corrected chi connectivity index (χ0v) is 10.3. The lowest BCUT2D eigenvalue weighted by Gasteiger charge is -2.14. The fourth-order valence-corrected chi connectivity index (χ4v) is 1.91. The third kappa shape index (κ3) is 2.88. The van der Waals surface area contributed by atoms with Crippen LogP contribution in [0.25, 0.3) is 11.3 Å². The van der Waals surface area contributed by atoms with Crippen molar-refractivity contribution in [3.05, 3.63) is 52.7 Å². The normalized spacial score (nSPS) is 11.6. The molecule has 0 saturated carbocycles. The minimum atomic E-state index is -4.49. The number of hydrogen-bond donors (Lipinski definition) is 1. The highest BCUT2D eigenvalue weighted by Crippen LogP contribution is 2.37. The second-order valence-electron chi connectivity index (χ2n) is 3.84. The van der Waals surface area contributed by atoms with Crippen molar-refractivity contribution in [2.45, 2.75) is 12.8 Å². The van der Waals surface area contributed by atoms with E-state index in [2.05, 4.69) is 4.98 Å². The maximum Gasteiger partial charge on any atom is 0.417 e. The van der Waals surface area contributed by atoms with Gasteiger partial charge >= 0.3 is 6.18 Å². The van der Waals surface area contributed by atoms with Crippen molar-refractivity contribution >= 4 is 11.6 Å². The Balaban J connectivity index is 2.69. The highest BCUT2D eigenvalue weighted by molar-refractivity contribution is 6.29. The van der Waals surface area contributed by atoms with Crippen LogP contribution in [0.4, 0.5) is 13.2 Å². The molecule has 0 unspecified atom stereocenters. The molecule has 1 aromatic carbocycles. The van der Waals surface area contributed by atoms with Crippen molar-refractivity contribution in [3.63, 3.8) is 0 Å². The lowest BCUT2D eigenvalue weighted by atomic mass is 10.0. The van der Waals surface area contributed by atoms with Crippen LogP contribution in [0.1, 0.15) is 11.1 Å². The molecule has 0 spiro atoms. The second-order valence-corrected chi connectivity index (χ2v) is 4.23. The number of alkyl halides is 3. The van der Waals surface area contributed by atoms with Gasteiger partial charge in [-0.25, -0.2) is 4.98 Å². The van der Waals surface area contributed by atoms with Crippen LogP contribution in [0.5, 0.6) is 0 Å². The Hall–Kier alpha value is -1.59. The second kappa shape index (κ2) is 5.19. The minimum absolute atomic E-state index is 0.0444. The van der Waals surface area contributed by atoms with Crippen LogP contribution in [0.2, 0.25) is 5.15 Å². The third-order valence-corrected chi connectivity index (χ3v) is 2.81.